The Labute approximate surface area is 97.2 Å². The molecule has 1 aliphatic rings. The SMILES string of the molecule is Nc1ccc(-n2nnnc2C2CC2)cc1Cl. The second-order valence-electron chi connectivity index (χ2n) is 3.93. The van der Waals surface area contributed by atoms with Gasteiger partial charge in [-0.15, -0.1) is 5.10 Å². The zero-order valence-corrected chi connectivity index (χ0v) is 9.22. The van der Waals surface area contributed by atoms with Gasteiger partial charge in [0.05, 0.1) is 16.4 Å². The van der Waals surface area contributed by atoms with Crippen molar-refractivity contribution in [3.63, 3.8) is 0 Å². The fourth-order valence-electron chi connectivity index (χ4n) is 1.62. The molecule has 1 saturated carbocycles. The van der Waals surface area contributed by atoms with E-state index in [-0.39, 0.29) is 0 Å². The average Bonchev–Trinajstić information content (AvgIpc) is 3.01. The quantitative estimate of drug-likeness (QED) is 0.806. The predicted molar refractivity (Wildman–Crippen MR) is 60.6 cm³/mol. The van der Waals surface area contributed by atoms with Crippen LogP contribution in [0.5, 0.6) is 0 Å². The summed E-state index contributed by atoms with van der Waals surface area (Å²) in [4.78, 5) is 0. The van der Waals surface area contributed by atoms with Crippen molar-refractivity contribution in [2.45, 2.75) is 18.8 Å². The Bertz CT molecular complexity index is 532. The van der Waals surface area contributed by atoms with Crippen molar-refractivity contribution < 1.29 is 0 Å². The Kier molecular flexibility index (Phi) is 2.07. The number of rotatable bonds is 2. The van der Waals surface area contributed by atoms with Crippen molar-refractivity contribution in [3.8, 4) is 5.69 Å². The zero-order chi connectivity index (χ0) is 11.1. The fourth-order valence-corrected chi connectivity index (χ4v) is 1.80. The Morgan fingerprint density at radius 1 is 1.38 bits per heavy atom. The molecular weight excluding hydrogens is 226 g/mol. The van der Waals surface area contributed by atoms with E-state index >= 15 is 0 Å². The van der Waals surface area contributed by atoms with Crippen LogP contribution in [0.4, 0.5) is 5.69 Å². The number of hydrogen-bond acceptors (Lipinski definition) is 4. The van der Waals surface area contributed by atoms with Gasteiger partial charge < -0.3 is 5.73 Å². The molecule has 5 nitrogen and oxygen atoms in total. The summed E-state index contributed by atoms with van der Waals surface area (Å²) in [6.07, 6.45) is 2.31. The summed E-state index contributed by atoms with van der Waals surface area (Å²) >= 11 is 5.97. The lowest BCUT2D eigenvalue weighted by Gasteiger charge is -2.05. The summed E-state index contributed by atoms with van der Waals surface area (Å²) in [5.74, 6) is 1.40. The van der Waals surface area contributed by atoms with Crippen LogP contribution in [0.3, 0.4) is 0 Å². The largest absolute Gasteiger partial charge is 0.398 e. The smallest absolute Gasteiger partial charge is 0.159 e. The molecule has 0 bridgehead atoms. The van der Waals surface area contributed by atoms with Gasteiger partial charge >= 0.3 is 0 Å². The molecule has 6 heteroatoms. The molecule has 2 N–H and O–H groups in total. The van der Waals surface area contributed by atoms with Gasteiger partial charge in [0.1, 0.15) is 0 Å². The number of tetrazole rings is 1. The van der Waals surface area contributed by atoms with Gasteiger partial charge in [0.15, 0.2) is 5.82 Å². The number of hydrogen-bond donors (Lipinski definition) is 1. The van der Waals surface area contributed by atoms with E-state index in [4.69, 9.17) is 17.3 Å². The van der Waals surface area contributed by atoms with Gasteiger partial charge in [-0.05, 0) is 41.5 Å². The molecule has 1 fully saturated rings. The second kappa shape index (κ2) is 3.45. The standard InChI is InChI=1S/C10H10ClN5/c11-8-5-7(3-4-9(8)12)16-10(6-1-2-6)13-14-15-16/h3-6H,1-2,12H2. The average molecular weight is 236 g/mol. The molecule has 0 radical (unpaired) electrons. The first-order valence-corrected chi connectivity index (χ1v) is 5.47. The lowest BCUT2D eigenvalue weighted by atomic mass is 10.3. The number of anilines is 1. The van der Waals surface area contributed by atoms with E-state index in [1.54, 1.807) is 16.8 Å². The van der Waals surface area contributed by atoms with Crippen molar-refractivity contribution in [2.75, 3.05) is 5.73 Å². The molecule has 1 aromatic heterocycles. The first kappa shape index (κ1) is 9.59. The number of nitrogen functional groups attached to an aromatic ring is 1. The highest BCUT2D eigenvalue weighted by Crippen LogP contribution is 2.39. The molecule has 0 aliphatic heterocycles. The second-order valence-corrected chi connectivity index (χ2v) is 4.34. The summed E-state index contributed by atoms with van der Waals surface area (Å²) in [5, 5.41) is 12.2. The third kappa shape index (κ3) is 1.53. The van der Waals surface area contributed by atoms with E-state index in [1.165, 1.54) is 0 Å². The summed E-state index contributed by atoms with van der Waals surface area (Å²) < 4.78 is 1.73. The molecule has 0 spiro atoms. The third-order valence-electron chi connectivity index (χ3n) is 2.66. The van der Waals surface area contributed by atoms with Crippen LogP contribution < -0.4 is 5.73 Å². The maximum Gasteiger partial charge on any atom is 0.159 e. The first-order chi connectivity index (χ1) is 7.75. The van der Waals surface area contributed by atoms with Crippen LogP contribution in [-0.2, 0) is 0 Å². The minimum absolute atomic E-state index is 0.492. The Morgan fingerprint density at radius 2 is 2.19 bits per heavy atom. The lowest BCUT2D eigenvalue weighted by Crippen LogP contribution is -2.02. The molecular formula is C10H10ClN5. The molecule has 2 aromatic rings. The number of aromatic nitrogens is 4. The number of nitrogens with two attached hydrogens (primary N) is 1. The summed E-state index contributed by atoms with van der Waals surface area (Å²) in [6.45, 7) is 0. The molecule has 82 valence electrons. The number of nitrogens with zero attached hydrogens (tertiary/aromatic N) is 4. The molecule has 1 aromatic carbocycles. The normalized spacial score (nSPS) is 15.3. The minimum atomic E-state index is 0.492. The van der Waals surface area contributed by atoms with Gasteiger partial charge in [-0.25, -0.2) is 0 Å². The molecule has 0 amide bonds. The zero-order valence-electron chi connectivity index (χ0n) is 8.47. The minimum Gasteiger partial charge on any atom is -0.398 e. The Balaban J connectivity index is 2.07. The van der Waals surface area contributed by atoms with E-state index in [0.29, 0.717) is 16.6 Å². The van der Waals surface area contributed by atoms with Gasteiger partial charge in [-0.2, -0.15) is 4.68 Å². The molecule has 3 rings (SSSR count). The van der Waals surface area contributed by atoms with E-state index < -0.39 is 0 Å². The van der Waals surface area contributed by atoms with Gasteiger partial charge in [-0.1, -0.05) is 11.6 Å². The topological polar surface area (TPSA) is 69.6 Å². The van der Waals surface area contributed by atoms with Crippen LogP contribution in [0.25, 0.3) is 5.69 Å². The van der Waals surface area contributed by atoms with Crippen LogP contribution in [0.1, 0.15) is 24.6 Å². The summed E-state index contributed by atoms with van der Waals surface area (Å²) in [5.41, 5.74) is 7.07. The Morgan fingerprint density at radius 3 is 2.88 bits per heavy atom. The molecule has 0 atom stereocenters. The third-order valence-corrected chi connectivity index (χ3v) is 2.99. The van der Waals surface area contributed by atoms with E-state index in [9.17, 15) is 0 Å². The van der Waals surface area contributed by atoms with Gasteiger partial charge in [-0.3, -0.25) is 0 Å². The summed E-state index contributed by atoms with van der Waals surface area (Å²) in [7, 11) is 0. The number of halogens is 1. The molecule has 16 heavy (non-hydrogen) atoms. The van der Waals surface area contributed by atoms with Gasteiger partial charge in [0.2, 0.25) is 0 Å². The predicted octanol–water partition coefficient (Wildman–Crippen LogP) is 1.78. The molecule has 0 unspecified atom stereocenters. The van der Waals surface area contributed by atoms with Crippen LogP contribution in [0.2, 0.25) is 5.02 Å². The molecule has 1 aliphatic carbocycles. The first-order valence-electron chi connectivity index (χ1n) is 5.09. The van der Waals surface area contributed by atoms with Crippen molar-refractivity contribution in [3.05, 3.63) is 29.0 Å². The van der Waals surface area contributed by atoms with E-state index in [2.05, 4.69) is 15.5 Å². The fraction of sp³-hybridized carbons (Fsp3) is 0.300. The van der Waals surface area contributed by atoms with E-state index in [1.807, 2.05) is 6.07 Å². The van der Waals surface area contributed by atoms with Crippen molar-refractivity contribution in [1.29, 1.82) is 0 Å². The highest BCUT2D eigenvalue weighted by atomic mass is 35.5. The number of benzene rings is 1. The van der Waals surface area contributed by atoms with Crippen molar-refractivity contribution in [1.82, 2.24) is 20.2 Å². The monoisotopic (exact) mass is 235 g/mol. The molecule has 1 heterocycles. The maximum absolute atomic E-state index is 5.97. The summed E-state index contributed by atoms with van der Waals surface area (Å²) in [6, 6.07) is 5.40. The highest BCUT2D eigenvalue weighted by molar-refractivity contribution is 6.33. The van der Waals surface area contributed by atoms with E-state index in [0.717, 1.165) is 24.4 Å². The van der Waals surface area contributed by atoms with Crippen molar-refractivity contribution >= 4 is 17.3 Å². The van der Waals surface area contributed by atoms with Gasteiger partial charge in [0.25, 0.3) is 0 Å². The maximum atomic E-state index is 5.97. The van der Waals surface area contributed by atoms with Crippen LogP contribution in [-0.4, -0.2) is 20.2 Å². The lowest BCUT2D eigenvalue weighted by molar-refractivity contribution is 0.763. The molecule has 0 saturated heterocycles. The van der Waals surface area contributed by atoms with Gasteiger partial charge in [0, 0.05) is 5.92 Å². The van der Waals surface area contributed by atoms with Crippen LogP contribution in [0.15, 0.2) is 18.2 Å². The highest BCUT2D eigenvalue weighted by Gasteiger charge is 2.29. The van der Waals surface area contributed by atoms with Crippen molar-refractivity contribution in [2.24, 2.45) is 0 Å². The Hall–Kier alpha value is -1.62. The van der Waals surface area contributed by atoms with Crippen LogP contribution >= 0.6 is 11.6 Å². The van der Waals surface area contributed by atoms with Crippen LogP contribution in [0, 0.1) is 0 Å².